The number of fused-ring (bicyclic) bond motifs is 3. The van der Waals surface area contributed by atoms with Gasteiger partial charge in [0, 0.05) is 28.9 Å². The number of hydrogen-bond donors (Lipinski definition) is 2. The van der Waals surface area contributed by atoms with Gasteiger partial charge in [0.15, 0.2) is 0 Å². The van der Waals surface area contributed by atoms with E-state index in [2.05, 4.69) is 15.5 Å². The third-order valence-corrected chi connectivity index (χ3v) is 3.92. The minimum Gasteiger partial charge on any atom is -0.488 e. The lowest BCUT2D eigenvalue weighted by atomic mass is 10.0. The van der Waals surface area contributed by atoms with Crippen molar-refractivity contribution in [1.29, 1.82) is 0 Å². The summed E-state index contributed by atoms with van der Waals surface area (Å²) in [5.74, 6) is 0.282. The highest BCUT2D eigenvalue weighted by molar-refractivity contribution is 6.05. The first-order valence-electron chi connectivity index (χ1n) is 7.49. The van der Waals surface area contributed by atoms with Gasteiger partial charge in [-0.05, 0) is 18.2 Å². The van der Waals surface area contributed by atoms with E-state index in [0.717, 1.165) is 5.56 Å². The van der Waals surface area contributed by atoms with Gasteiger partial charge in [-0.25, -0.2) is 0 Å². The number of anilines is 1. The molecule has 0 atom stereocenters. The van der Waals surface area contributed by atoms with Gasteiger partial charge in [-0.2, -0.15) is 5.10 Å². The van der Waals surface area contributed by atoms with Crippen molar-refractivity contribution in [2.24, 2.45) is 0 Å². The monoisotopic (exact) mass is 336 g/mol. The van der Waals surface area contributed by atoms with Crippen molar-refractivity contribution in [2.45, 2.75) is 6.61 Å². The molecule has 0 aliphatic carbocycles. The van der Waals surface area contributed by atoms with Gasteiger partial charge in [0.2, 0.25) is 0 Å². The van der Waals surface area contributed by atoms with Crippen LogP contribution in [-0.4, -0.2) is 21.0 Å². The zero-order chi connectivity index (χ0) is 17.4. The molecule has 8 nitrogen and oxygen atoms in total. The fourth-order valence-corrected chi connectivity index (χ4v) is 2.75. The second kappa shape index (κ2) is 5.75. The van der Waals surface area contributed by atoms with Gasteiger partial charge in [-0.1, -0.05) is 18.2 Å². The van der Waals surface area contributed by atoms with Gasteiger partial charge in [-0.3, -0.25) is 20.0 Å². The molecule has 0 bridgehead atoms. The molecular weight excluding hydrogens is 324 g/mol. The summed E-state index contributed by atoms with van der Waals surface area (Å²) in [6, 6.07) is 13.2. The summed E-state index contributed by atoms with van der Waals surface area (Å²) in [5.41, 5.74) is 2.65. The molecule has 0 saturated heterocycles. The van der Waals surface area contributed by atoms with Crippen molar-refractivity contribution < 1.29 is 14.5 Å². The Kier molecular flexibility index (Phi) is 3.42. The normalized spacial score (nSPS) is 11.8. The Morgan fingerprint density at radius 1 is 1.24 bits per heavy atom. The third-order valence-electron chi connectivity index (χ3n) is 3.92. The van der Waals surface area contributed by atoms with E-state index in [1.807, 2.05) is 24.3 Å². The van der Waals surface area contributed by atoms with Crippen molar-refractivity contribution in [2.75, 3.05) is 5.32 Å². The number of carbonyl (C=O) groups is 1. The number of nitrogens with one attached hydrogen (secondary N) is 2. The molecule has 0 unspecified atom stereocenters. The first-order valence-corrected chi connectivity index (χ1v) is 7.49. The van der Waals surface area contributed by atoms with Crippen LogP contribution >= 0.6 is 0 Å². The van der Waals surface area contributed by atoms with E-state index in [4.69, 9.17) is 4.74 Å². The Balaban J connectivity index is 1.64. The molecule has 4 rings (SSSR count). The molecule has 25 heavy (non-hydrogen) atoms. The molecule has 2 heterocycles. The van der Waals surface area contributed by atoms with Crippen LogP contribution in [0.3, 0.4) is 0 Å². The Labute approximate surface area is 141 Å². The Morgan fingerprint density at radius 2 is 2.08 bits per heavy atom. The summed E-state index contributed by atoms with van der Waals surface area (Å²) in [5, 5.41) is 20.5. The minimum absolute atomic E-state index is 0.0956. The lowest BCUT2D eigenvalue weighted by molar-refractivity contribution is -0.384. The van der Waals surface area contributed by atoms with Crippen LogP contribution in [0, 0.1) is 10.1 Å². The molecule has 0 saturated carbocycles. The van der Waals surface area contributed by atoms with E-state index < -0.39 is 10.8 Å². The molecular formula is C17H12N4O4. The number of amides is 1. The SMILES string of the molecule is O=C(Nc1cccc([N+](=O)[O-])c1)c1[nH]nc2c1COc1ccccc1-2. The number of ether oxygens (including phenoxy) is 1. The van der Waals surface area contributed by atoms with Crippen LogP contribution in [0.25, 0.3) is 11.3 Å². The van der Waals surface area contributed by atoms with Crippen LogP contribution in [0.1, 0.15) is 16.1 Å². The number of benzene rings is 2. The minimum atomic E-state index is -0.515. The van der Waals surface area contributed by atoms with Crippen molar-refractivity contribution in [3.05, 3.63) is 69.9 Å². The van der Waals surface area contributed by atoms with Crippen LogP contribution in [0.15, 0.2) is 48.5 Å². The first-order chi connectivity index (χ1) is 12.1. The van der Waals surface area contributed by atoms with Gasteiger partial charge in [0.1, 0.15) is 23.7 Å². The second-order valence-electron chi connectivity index (χ2n) is 5.47. The number of carbonyl (C=O) groups excluding carboxylic acids is 1. The average Bonchev–Trinajstić information content (AvgIpc) is 3.06. The maximum Gasteiger partial charge on any atom is 0.274 e. The summed E-state index contributed by atoms with van der Waals surface area (Å²) in [6.45, 7) is 0.223. The number of nitrogens with zero attached hydrogens (tertiary/aromatic N) is 2. The van der Waals surface area contributed by atoms with Gasteiger partial charge in [0.05, 0.1) is 4.92 Å². The predicted molar refractivity (Wildman–Crippen MR) is 89.4 cm³/mol. The second-order valence-corrected chi connectivity index (χ2v) is 5.47. The quantitative estimate of drug-likeness (QED) is 0.564. The smallest absolute Gasteiger partial charge is 0.274 e. The Hall–Kier alpha value is -3.68. The molecule has 8 heteroatoms. The zero-order valence-corrected chi connectivity index (χ0v) is 12.9. The maximum absolute atomic E-state index is 12.5. The number of para-hydroxylation sites is 1. The molecule has 1 aromatic heterocycles. The van der Waals surface area contributed by atoms with Crippen molar-refractivity contribution in [1.82, 2.24) is 10.2 Å². The molecule has 1 aliphatic heterocycles. The molecule has 0 radical (unpaired) electrons. The highest BCUT2D eigenvalue weighted by atomic mass is 16.6. The number of aromatic nitrogens is 2. The Morgan fingerprint density at radius 3 is 2.92 bits per heavy atom. The lowest BCUT2D eigenvalue weighted by Gasteiger charge is -2.17. The van der Waals surface area contributed by atoms with E-state index in [1.54, 1.807) is 6.07 Å². The van der Waals surface area contributed by atoms with Gasteiger partial charge < -0.3 is 10.1 Å². The zero-order valence-electron chi connectivity index (χ0n) is 12.9. The van der Waals surface area contributed by atoms with Crippen molar-refractivity contribution in [3.8, 4) is 17.0 Å². The molecule has 0 spiro atoms. The van der Waals surface area contributed by atoms with E-state index in [1.165, 1.54) is 18.2 Å². The van der Waals surface area contributed by atoms with E-state index in [9.17, 15) is 14.9 Å². The average molecular weight is 336 g/mol. The number of nitro benzene ring substituents is 1. The molecule has 1 aliphatic rings. The van der Waals surface area contributed by atoms with Crippen molar-refractivity contribution in [3.63, 3.8) is 0 Å². The summed E-state index contributed by atoms with van der Waals surface area (Å²) < 4.78 is 5.67. The lowest BCUT2D eigenvalue weighted by Crippen LogP contribution is -2.16. The van der Waals surface area contributed by atoms with Crippen LogP contribution in [-0.2, 0) is 6.61 Å². The maximum atomic E-state index is 12.5. The summed E-state index contributed by atoms with van der Waals surface area (Å²) in [6.07, 6.45) is 0. The largest absolute Gasteiger partial charge is 0.488 e. The fraction of sp³-hybridized carbons (Fsp3) is 0.0588. The molecule has 124 valence electrons. The van der Waals surface area contributed by atoms with E-state index in [0.29, 0.717) is 22.7 Å². The molecule has 0 fully saturated rings. The summed E-state index contributed by atoms with van der Waals surface area (Å²) >= 11 is 0. The van der Waals surface area contributed by atoms with E-state index in [-0.39, 0.29) is 18.0 Å². The molecule has 1 amide bonds. The highest BCUT2D eigenvalue weighted by Gasteiger charge is 2.26. The van der Waals surface area contributed by atoms with Crippen LogP contribution in [0.2, 0.25) is 0 Å². The molecule has 2 aromatic carbocycles. The summed E-state index contributed by atoms with van der Waals surface area (Å²) in [4.78, 5) is 22.9. The van der Waals surface area contributed by atoms with Gasteiger partial charge in [0.25, 0.3) is 11.6 Å². The number of nitro groups is 1. The molecule has 2 N–H and O–H groups in total. The number of hydrogen-bond acceptors (Lipinski definition) is 5. The molecule has 3 aromatic rings. The summed E-state index contributed by atoms with van der Waals surface area (Å²) in [7, 11) is 0. The topological polar surface area (TPSA) is 110 Å². The first kappa shape index (κ1) is 14.9. The Bertz CT molecular complexity index is 996. The van der Waals surface area contributed by atoms with E-state index >= 15 is 0 Å². The third kappa shape index (κ3) is 2.59. The predicted octanol–water partition coefficient (Wildman–Crippen LogP) is 3.13. The van der Waals surface area contributed by atoms with Crippen LogP contribution in [0.5, 0.6) is 5.75 Å². The number of aromatic amines is 1. The van der Waals surface area contributed by atoms with Crippen LogP contribution < -0.4 is 10.1 Å². The highest BCUT2D eigenvalue weighted by Crippen LogP contribution is 2.37. The fourth-order valence-electron chi connectivity index (χ4n) is 2.75. The number of H-pyrrole nitrogens is 1. The number of rotatable bonds is 3. The van der Waals surface area contributed by atoms with Crippen LogP contribution in [0.4, 0.5) is 11.4 Å². The van der Waals surface area contributed by atoms with Crippen molar-refractivity contribution >= 4 is 17.3 Å². The van der Waals surface area contributed by atoms with Gasteiger partial charge >= 0.3 is 0 Å². The van der Waals surface area contributed by atoms with Gasteiger partial charge in [-0.15, -0.1) is 0 Å². The number of non-ortho nitro benzene ring substituents is 1. The standard InChI is InChI=1S/C17H12N4O4/c22-17(18-10-4-3-5-11(8-10)21(23)24)16-13-9-25-14-7-2-1-6-12(14)15(13)19-20-16/h1-8H,9H2,(H,18,22)(H,19,20).